The van der Waals surface area contributed by atoms with Gasteiger partial charge in [-0.25, -0.2) is 8.42 Å². The average Bonchev–Trinajstić information content (AvgIpc) is 2.44. The molecule has 20 heavy (non-hydrogen) atoms. The van der Waals surface area contributed by atoms with Crippen LogP contribution in [0.1, 0.15) is 33.1 Å². The quantitative estimate of drug-likeness (QED) is 0.825. The second-order valence-electron chi connectivity index (χ2n) is 6.16. The first-order valence-electron chi connectivity index (χ1n) is 7.79. The molecule has 2 rings (SSSR count). The molecule has 0 radical (unpaired) electrons. The van der Waals surface area contributed by atoms with Crippen LogP contribution in [0, 0.1) is 11.8 Å². The van der Waals surface area contributed by atoms with Crippen molar-refractivity contribution in [1.29, 1.82) is 0 Å². The van der Waals surface area contributed by atoms with Crippen molar-refractivity contribution in [2.75, 3.05) is 38.6 Å². The molecule has 0 aromatic carbocycles. The highest BCUT2D eigenvalue weighted by atomic mass is 32.2. The molecule has 0 spiro atoms. The lowest BCUT2D eigenvalue weighted by molar-refractivity contribution is 0.0730. The maximum absolute atomic E-state index is 12.2. The number of nitrogens with one attached hydrogen (secondary N) is 1. The highest BCUT2D eigenvalue weighted by Crippen LogP contribution is 2.29. The normalized spacial score (nSPS) is 33.2. The first-order valence-corrected chi connectivity index (χ1v) is 9.40. The zero-order chi connectivity index (χ0) is 14.6. The predicted molar refractivity (Wildman–Crippen MR) is 80.1 cm³/mol. The summed E-state index contributed by atoms with van der Waals surface area (Å²) in [6.07, 6.45) is 3.72. The van der Waals surface area contributed by atoms with E-state index in [1.54, 1.807) is 4.31 Å². The zero-order valence-electron chi connectivity index (χ0n) is 12.7. The Kier molecular flexibility index (Phi) is 5.84. The lowest BCUT2D eigenvalue weighted by atomic mass is 9.78. The number of hydrogen-bond acceptors (Lipinski definition) is 4. The van der Waals surface area contributed by atoms with E-state index in [2.05, 4.69) is 19.2 Å². The summed E-state index contributed by atoms with van der Waals surface area (Å²) in [7, 11) is -3.12. The third-order valence-corrected chi connectivity index (χ3v) is 6.71. The van der Waals surface area contributed by atoms with Crippen molar-refractivity contribution in [1.82, 2.24) is 9.62 Å². The average molecular weight is 304 g/mol. The second kappa shape index (κ2) is 7.20. The molecule has 3 atom stereocenters. The molecular formula is C14H28N2O3S. The Hall–Kier alpha value is -0.170. The Morgan fingerprint density at radius 3 is 2.60 bits per heavy atom. The molecule has 1 aliphatic carbocycles. The minimum absolute atomic E-state index is 0.199. The van der Waals surface area contributed by atoms with Crippen LogP contribution >= 0.6 is 0 Å². The van der Waals surface area contributed by atoms with Crippen molar-refractivity contribution in [3.8, 4) is 0 Å². The van der Waals surface area contributed by atoms with Crippen LogP contribution in [-0.4, -0.2) is 57.4 Å². The minimum atomic E-state index is -3.12. The van der Waals surface area contributed by atoms with Gasteiger partial charge in [0.2, 0.25) is 10.0 Å². The van der Waals surface area contributed by atoms with Crippen LogP contribution in [0.15, 0.2) is 0 Å². The number of rotatable bonds is 5. The van der Waals surface area contributed by atoms with E-state index >= 15 is 0 Å². The molecule has 0 aromatic heterocycles. The molecule has 6 heteroatoms. The fraction of sp³-hybridized carbons (Fsp3) is 1.00. The molecule has 5 nitrogen and oxygen atoms in total. The van der Waals surface area contributed by atoms with E-state index in [4.69, 9.17) is 4.74 Å². The molecule has 0 bridgehead atoms. The van der Waals surface area contributed by atoms with Crippen LogP contribution in [0.2, 0.25) is 0 Å². The number of morpholine rings is 1. The number of ether oxygens (including phenoxy) is 1. The fourth-order valence-corrected chi connectivity index (χ4v) is 4.54. The molecule has 2 aliphatic rings. The molecule has 0 amide bonds. The SMILES string of the molecule is C[C@H]1[C@H](C)CCC[C@@H]1NCCS(=O)(=O)N1CCOCC1. The summed E-state index contributed by atoms with van der Waals surface area (Å²) in [6.45, 7) is 7.16. The van der Waals surface area contributed by atoms with E-state index < -0.39 is 10.0 Å². The van der Waals surface area contributed by atoms with Crippen LogP contribution in [0.25, 0.3) is 0 Å². The van der Waals surface area contributed by atoms with Crippen LogP contribution in [0.4, 0.5) is 0 Å². The second-order valence-corrected chi connectivity index (χ2v) is 8.24. The maximum Gasteiger partial charge on any atom is 0.215 e. The van der Waals surface area contributed by atoms with Crippen molar-refractivity contribution in [2.24, 2.45) is 11.8 Å². The maximum atomic E-state index is 12.2. The Bertz CT molecular complexity index is 393. The summed E-state index contributed by atoms with van der Waals surface area (Å²) in [5.41, 5.74) is 0. The fourth-order valence-electron chi connectivity index (χ4n) is 3.20. The molecule has 1 N–H and O–H groups in total. The molecule has 0 unspecified atom stereocenters. The molecule has 2 fully saturated rings. The third kappa shape index (κ3) is 4.16. The van der Waals surface area contributed by atoms with Gasteiger partial charge in [0, 0.05) is 25.7 Å². The van der Waals surface area contributed by atoms with Crippen molar-refractivity contribution < 1.29 is 13.2 Å². The third-order valence-electron chi connectivity index (χ3n) is 4.84. The van der Waals surface area contributed by atoms with E-state index in [1.807, 2.05) is 0 Å². The van der Waals surface area contributed by atoms with Crippen molar-refractivity contribution in [3.05, 3.63) is 0 Å². The van der Waals surface area contributed by atoms with Crippen molar-refractivity contribution >= 4 is 10.0 Å². The van der Waals surface area contributed by atoms with Gasteiger partial charge in [-0.15, -0.1) is 0 Å². The highest BCUT2D eigenvalue weighted by molar-refractivity contribution is 7.89. The lowest BCUT2D eigenvalue weighted by Gasteiger charge is -2.35. The Morgan fingerprint density at radius 1 is 1.20 bits per heavy atom. The van der Waals surface area contributed by atoms with E-state index in [9.17, 15) is 8.42 Å². The minimum Gasteiger partial charge on any atom is -0.379 e. The molecule has 118 valence electrons. The van der Waals surface area contributed by atoms with Crippen LogP contribution in [-0.2, 0) is 14.8 Å². The molecule has 1 aliphatic heterocycles. The molecule has 1 saturated heterocycles. The van der Waals surface area contributed by atoms with E-state index in [0.29, 0.717) is 44.8 Å². The van der Waals surface area contributed by atoms with Gasteiger partial charge in [-0.2, -0.15) is 4.31 Å². The van der Waals surface area contributed by atoms with E-state index in [0.717, 1.165) is 5.92 Å². The molecule has 0 aromatic rings. The van der Waals surface area contributed by atoms with E-state index in [-0.39, 0.29) is 5.75 Å². The van der Waals surface area contributed by atoms with Gasteiger partial charge in [0.1, 0.15) is 0 Å². The van der Waals surface area contributed by atoms with Gasteiger partial charge in [0.05, 0.1) is 19.0 Å². The summed E-state index contributed by atoms with van der Waals surface area (Å²) in [6, 6.07) is 0.471. The summed E-state index contributed by atoms with van der Waals surface area (Å²) in [4.78, 5) is 0. The van der Waals surface area contributed by atoms with Crippen LogP contribution in [0.5, 0.6) is 0 Å². The largest absolute Gasteiger partial charge is 0.379 e. The molecule has 1 saturated carbocycles. The van der Waals surface area contributed by atoms with Gasteiger partial charge in [0.15, 0.2) is 0 Å². The summed E-state index contributed by atoms with van der Waals surface area (Å²) in [5, 5.41) is 3.46. The van der Waals surface area contributed by atoms with Crippen molar-refractivity contribution in [3.63, 3.8) is 0 Å². The first kappa shape index (κ1) is 16.2. The van der Waals surface area contributed by atoms with Gasteiger partial charge in [-0.3, -0.25) is 0 Å². The molecule has 1 heterocycles. The van der Waals surface area contributed by atoms with Gasteiger partial charge >= 0.3 is 0 Å². The first-order chi connectivity index (χ1) is 9.50. The highest BCUT2D eigenvalue weighted by Gasteiger charge is 2.28. The molecular weight excluding hydrogens is 276 g/mol. The Morgan fingerprint density at radius 2 is 1.90 bits per heavy atom. The summed E-state index contributed by atoms with van der Waals surface area (Å²) >= 11 is 0. The van der Waals surface area contributed by atoms with Gasteiger partial charge in [-0.05, 0) is 18.3 Å². The summed E-state index contributed by atoms with van der Waals surface area (Å²) in [5.74, 6) is 1.57. The Labute approximate surface area is 123 Å². The zero-order valence-corrected chi connectivity index (χ0v) is 13.5. The number of nitrogens with zero attached hydrogens (tertiary/aromatic N) is 1. The Balaban J connectivity index is 1.77. The van der Waals surface area contributed by atoms with Gasteiger partial charge in [-0.1, -0.05) is 26.7 Å². The smallest absolute Gasteiger partial charge is 0.215 e. The van der Waals surface area contributed by atoms with E-state index in [1.165, 1.54) is 19.3 Å². The van der Waals surface area contributed by atoms with Gasteiger partial charge in [0.25, 0.3) is 0 Å². The number of sulfonamides is 1. The monoisotopic (exact) mass is 304 g/mol. The summed E-state index contributed by atoms with van der Waals surface area (Å²) < 4.78 is 31.2. The van der Waals surface area contributed by atoms with Crippen LogP contribution < -0.4 is 5.32 Å². The van der Waals surface area contributed by atoms with Gasteiger partial charge < -0.3 is 10.1 Å². The topological polar surface area (TPSA) is 58.6 Å². The van der Waals surface area contributed by atoms with Crippen molar-refractivity contribution in [2.45, 2.75) is 39.2 Å². The lowest BCUT2D eigenvalue weighted by Crippen LogP contribution is -2.46. The standard InChI is InChI=1S/C14H28N2O3S/c1-12-4-3-5-14(13(12)2)15-6-11-20(17,18)16-7-9-19-10-8-16/h12-15H,3-11H2,1-2H3/t12-,13+,14+/m1/s1. The predicted octanol–water partition coefficient (Wildman–Crippen LogP) is 1.06. The van der Waals surface area contributed by atoms with Crippen LogP contribution in [0.3, 0.4) is 0 Å². The number of hydrogen-bond donors (Lipinski definition) is 1.